The number of carboxylic acid groups (broad SMARTS) is 1. The lowest BCUT2D eigenvalue weighted by Gasteiger charge is -2.19. The van der Waals surface area contributed by atoms with Crippen LogP contribution >= 0.6 is 0 Å². The van der Waals surface area contributed by atoms with Gasteiger partial charge in [-0.15, -0.1) is 0 Å². The Kier molecular flexibility index (Phi) is 5.76. The van der Waals surface area contributed by atoms with Crippen molar-refractivity contribution in [2.45, 2.75) is 37.6 Å². The summed E-state index contributed by atoms with van der Waals surface area (Å²) in [5, 5.41) is 14.9. The first-order valence-corrected chi connectivity index (χ1v) is 11.6. The summed E-state index contributed by atoms with van der Waals surface area (Å²) in [6, 6.07) is 20.9. The number of aryl methyl sites for hydroxylation is 1. The Labute approximate surface area is 203 Å². The van der Waals surface area contributed by atoms with E-state index in [0.29, 0.717) is 18.5 Å². The van der Waals surface area contributed by atoms with Crippen molar-refractivity contribution in [1.29, 1.82) is 0 Å². The molecule has 7 nitrogen and oxygen atoms in total. The molecular weight excluding hydrogens is 444 g/mol. The number of nitrogens with one attached hydrogen (secondary N) is 2. The molecule has 178 valence electrons. The molecule has 2 aliphatic rings. The van der Waals surface area contributed by atoms with Gasteiger partial charge in [0, 0.05) is 11.6 Å². The lowest BCUT2D eigenvalue weighted by Crippen LogP contribution is -2.40. The van der Waals surface area contributed by atoms with Gasteiger partial charge in [0.05, 0.1) is 17.5 Å². The maximum absolute atomic E-state index is 12.7. The normalized spacial score (nSPS) is 15.0. The molecule has 3 aromatic carbocycles. The molecule has 1 saturated carbocycles. The maximum atomic E-state index is 12.7. The van der Waals surface area contributed by atoms with E-state index in [1.54, 1.807) is 13.0 Å². The van der Waals surface area contributed by atoms with Gasteiger partial charge in [0.15, 0.2) is 0 Å². The van der Waals surface area contributed by atoms with Crippen molar-refractivity contribution in [1.82, 2.24) is 5.32 Å². The number of hydrogen-bond donors (Lipinski definition) is 3. The Bertz CT molecular complexity index is 1280. The zero-order chi connectivity index (χ0) is 24.6. The first-order valence-electron chi connectivity index (χ1n) is 11.6. The number of carbonyl (C=O) groups excluding carboxylic acids is 2. The van der Waals surface area contributed by atoms with Gasteiger partial charge in [-0.1, -0.05) is 54.6 Å². The second-order valence-corrected chi connectivity index (χ2v) is 9.29. The van der Waals surface area contributed by atoms with Crippen LogP contribution in [0.1, 0.15) is 52.2 Å². The Morgan fingerprint density at radius 2 is 1.60 bits per heavy atom. The summed E-state index contributed by atoms with van der Waals surface area (Å²) in [6.45, 7) is 2.01. The van der Waals surface area contributed by atoms with Gasteiger partial charge in [0.2, 0.25) is 5.91 Å². The van der Waals surface area contributed by atoms with Crippen molar-refractivity contribution >= 4 is 23.7 Å². The number of amides is 2. The Morgan fingerprint density at radius 1 is 0.971 bits per heavy atom. The molecule has 0 unspecified atom stereocenters. The topological polar surface area (TPSA) is 105 Å². The van der Waals surface area contributed by atoms with E-state index < -0.39 is 17.6 Å². The third kappa shape index (κ3) is 4.62. The van der Waals surface area contributed by atoms with Gasteiger partial charge < -0.3 is 20.5 Å². The summed E-state index contributed by atoms with van der Waals surface area (Å²) in [5.41, 5.74) is 5.28. The Balaban J connectivity index is 1.19. The maximum Gasteiger partial charge on any atom is 0.407 e. The summed E-state index contributed by atoms with van der Waals surface area (Å²) >= 11 is 0. The average molecular weight is 471 g/mol. The molecule has 35 heavy (non-hydrogen) atoms. The van der Waals surface area contributed by atoms with Gasteiger partial charge in [-0.25, -0.2) is 9.59 Å². The van der Waals surface area contributed by atoms with E-state index in [0.717, 1.165) is 27.8 Å². The molecule has 0 bridgehead atoms. The first kappa shape index (κ1) is 22.7. The van der Waals surface area contributed by atoms with E-state index in [1.165, 1.54) is 12.1 Å². The largest absolute Gasteiger partial charge is 0.478 e. The van der Waals surface area contributed by atoms with Crippen LogP contribution in [-0.2, 0) is 9.53 Å². The van der Waals surface area contributed by atoms with Gasteiger partial charge in [0.1, 0.15) is 6.61 Å². The molecule has 7 heteroatoms. The molecule has 2 amide bonds. The number of anilines is 1. The summed E-state index contributed by atoms with van der Waals surface area (Å²) in [4.78, 5) is 36.6. The second kappa shape index (κ2) is 8.91. The highest BCUT2D eigenvalue weighted by molar-refractivity contribution is 5.95. The number of rotatable bonds is 7. The fraction of sp³-hybridized carbons (Fsp3) is 0.250. The number of carboxylic acids is 1. The van der Waals surface area contributed by atoms with Gasteiger partial charge in [-0.2, -0.15) is 0 Å². The van der Waals surface area contributed by atoms with E-state index in [2.05, 4.69) is 34.9 Å². The van der Waals surface area contributed by atoms with Crippen LogP contribution in [0.4, 0.5) is 10.5 Å². The zero-order valence-electron chi connectivity index (χ0n) is 19.3. The third-order valence-corrected chi connectivity index (χ3v) is 6.82. The Hall–Kier alpha value is -4.13. The first-order chi connectivity index (χ1) is 16.8. The number of benzene rings is 3. The van der Waals surface area contributed by atoms with E-state index in [-0.39, 0.29) is 30.4 Å². The highest BCUT2D eigenvalue weighted by atomic mass is 16.5. The van der Waals surface area contributed by atoms with Gasteiger partial charge in [0.25, 0.3) is 0 Å². The minimum atomic E-state index is -1.06. The van der Waals surface area contributed by atoms with Crippen LogP contribution in [0.2, 0.25) is 0 Å². The SMILES string of the molecule is Cc1ccc(C(=O)O)cc1NC(=O)CC1(NC(=O)OCC2c3ccccc3-c3ccccc32)CC1. The number of fused-ring (bicyclic) bond motifs is 3. The fourth-order valence-corrected chi connectivity index (χ4v) is 4.74. The number of carbonyl (C=O) groups is 3. The van der Waals surface area contributed by atoms with Crippen molar-refractivity contribution in [2.75, 3.05) is 11.9 Å². The van der Waals surface area contributed by atoms with Crippen LogP contribution in [0.15, 0.2) is 66.7 Å². The molecule has 0 spiro atoms. The van der Waals surface area contributed by atoms with Crippen molar-refractivity contribution in [3.05, 3.63) is 89.0 Å². The van der Waals surface area contributed by atoms with Crippen LogP contribution in [0.5, 0.6) is 0 Å². The minimum absolute atomic E-state index is 0.0314. The van der Waals surface area contributed by atoms with E-state index >= 15 is 0 Å². The number of alkyl carbamates (subject to hydrolysis) is 1. The van der Waals surface area contributed by atoms with E-state index in [4.69, 9.17) is 4.74 Å². The van der Waals surface area contributed by atoms with Crippen molar-refractivity contribution < 1.29 is 24.2 Å². The number of ether oxygens (including phenoxy) is 1. The van der Waals surface area contributed by atoms with Crippen LogP contribution in [0, 0.1) is 6.92 Å². The minimum Gasteiger partial charge on any atom is -0.478 e. The second-order valence-electron chi connectivity index (χ2n) is 9.29. The summed E-state index contributed by atoms with van der Waals surface area (Å²) in [5.74, 6) is -1.38. The highest BCUT2D eigenvalue weighted by Crippen LogP contribution is 2.44. The van der Waals surface area contributed by atoms with Crippen molar-refractivity contribution in [3.8, 4) is 11.1 Å². The van der Waals surface area contributed by atoms with Crippen molar-refractivity contribution in [3.63, 3.8) is 0 Å². The standard InChI is InChI=1S/C28H26N2O5/c1-17-10-11-18(26(32)33)14-24(17)29-25(31)15-28(12-13-28)30-27(34)35-16-23-21-8-4-2-6-19(21)20-7-3-5-9-22(20)23/h2-11,14,23H,12-13,15-16H2,1H3,(H,29,31)(H,30,34)(H,32,33). The zero-order valence-corrected chi connectivity index (χ0v) is 19.3. The van der Waals surface area contributed by atoms with Gasteiger partial charge in [-0.05, 0) is 59.7 Å². The quantitative estimate of drug-likeness (QED) is 0.446. The molecule has 3 N–H and O–H groups in total. The predicted octanol–water partition coefficient (Wildman–Crippen LogP) is 5.09. The molecule has 0 radical (unpaired) electrons. The summed E-state index contributed by atoms with van der Waals surface area (Å²) in [7, 11) is 0. The fourth-order valence-electron chi connectivity index (χ4n) is 4.74. The molecule has 0 heterocycles. The van der Waals surface area contributed by atoms with E-state index in [9.17, 15) is 19.5 Å². The predicted molar refractivity (Wildman–Crippen MR) is 132 cm³/mol. The molecule has 5 rings (SSSR count). The van der Waals surface area contributed by atoms with Crippen molar-refractivity contribution in [2.24, 2.45) is 0 Å². The molecule has 2 aliphatic carbocycles. The molecule has 0 saturated heterocycles. The van der Waals surface area contributed by atoms with Crippen LogP contribution in [0.25, 0.3) is 11.1 Å². The third-order valence-electron chi connectivity index (χ3n) is 6.82. The van der Waals surface area contributed by atoms with Crippen LogP contribution in [0.3, 0.4) is 0 Å². The molecule has 3 aromatic rings. The summed E-state index contributed by atoms with van der Waals surface area (Å²) < 4.78 is 5.63. The monoisotopic (exact) mass is 470 g/mol. The van der Waals surface area contributed by atoms with Crippen LogP contribution in [-0.4, -0.2) is 35.2 Å². The number of hydrogen-bond acceptors (Lipinski definition) is 4. The van der Waals surface area contributed by atoms with E-state index in [1.807, 2.05) is 24.3 Å². The average Bonchev–Trinajstić information content (AvgIpc) is 3.50. The lowest BCUT2D eigenvalue weighted by molar-refractivity contribution is -0.116. The Morgan fingerprint density at radius 3 is 2.20 bits per heavy atom. The van der Waals surface area contributed by atoms with Gasteiger partial charge in [-0.3, -0.25) is 4.79 Å². The molecule has 0 aliphatic heterocycles. The smallest absolute Gasteiger partial charge is 0.407 e. The lowest BCUT2D eigenvalue weighted by atomic mass is 9.98. The molecule has 1 fully saturated rings. The molecular formula is C28H26N2O5. The van der Waals surface area contributed by atoms with Gasteiger partial charge >= 0.3 is 12.1 Å². The highest BCUT2D eigenvalue weighted by Gasteiger charge is 2.46. The number of aromatic carboxylic acids is 1. The molecule has 0 aromatic heterocycles. The van der Waals surface area contributed by atoms with Crippen LogP contribution < -0.4 is 10.6 Å². The molecule has 0 atom stereocenters. The summed E-state index contributed by atoms with van der Waals surface area (Å²) in [6.07, 6.45) is 0.909.